The van der Waals surface area contributed by atoms with Gasteiger partial charge in [0.15, 0.2) is 5.11 Å². The summed E-state index contributed by atoms with van der Waals surface area (Å²) in [4.78, 5) is 5.03. The number of hydrogen-bond donors (Lipinski definition) is 3. The summed E-state index contributed by atoms with van der Waals surface area (Å²) in [7, 11) is 0. The van der Waals surface area contributed by atoms with Gasteiger partial charge in [-0.2, -0.15) is 0 Å². The number of thiocarbonyl (C=S) groups is 1. The lowest BCUT2D eigenvalue weighted by Crippen LogP contribution is -2.41. The first-order chi connectivity index (χ1) is 6.22. The molecule has 0 spiro atoms. The Kier molecular flexibility index (Phi) is 4.07. The molecule has 0 bridgehead atoms. The van der Waals surface area contributed by atoms with E-state index in [2.05, 4.69) is 22.5 Å². The molecular formula is C7H11N3OS2. The van der Waals surface area contributed by atoms with Gasteiger partial charge in [0.1, 0.15) is 0 Å². The molecule has 4 nitrogen and oxygen atoms in total. The van der Waals surface area contributed by atoms with E-state index < -0.39 is 0 Å². The zero-order valence-corrected chi connectivity index (χ0v) is 8.57. The van der Waals surface area contributed by atoms with E-state index in [1.54, 1.807) is 23.0 Å². The van der Waals surface area contributed by atoms with Crippen molar-refractivity contribution < 1.29 is 5.11 Å². The molecule has 1 unspecified atom stereocenters. The van der Waals surface area contributed by atoms with Crippen LogP contribution in [0.2, 0.25) is 0 Å². The van der Waals surface area contributed by atoms with E-state index in [4.69, 9.17) is 10.8 Å². The van der Waals surface area contributed by atoms with Gasteiger partial charge in [0.05, 0.1) is 18.2 Å². The van der Waals surface area contributed by atoms with Crippen LogP contribution in [0.1, 0.15) is 4.88 Å². The number of hydrogen-bond acceptors (Lipinski definition) is 4. The van der Waals surface area contributed by atoms with Crippen molar-refractivity contribution in [3.63, 3.8) is 0 Å². The number of aromatic nitrogens is 1. The lowest BCUT2D eigenvalue weighted by atomic mass is 10.2. The molecule has 1 aromatic rings. The molecule has 72 valence electrons. The Labute approximate surface area is 85.8 Å². The van der Waals surface area contributed by atoms with Crippen LogP contribution in [0, 0.1) is 0 Å². The Balaban J connectivity index is 2.45. The maximum atomic E-state index is 8.98. The van der Waals surface area contributed by atoms with Crippen molar-refractivity contribution in [3.05, 3.63) is 16.6 Å². The van der Waals surface area contributed by atoms with E-state index >= 15 is 0 Å². The molecule has 0 radical (unpaired) electrons. The molecule has 0 saturated heterocycles. The summed E-state index contributed by atoms with van der Waals surface area (Å²) in [6.07, 6.45) is 2.47. The van der Waals surface area contributed by atoms with Crippen LogP contribution in [-0.4, -0.2) is 27.9 Å². The smallest absolute Gasteiger partial charge is 0.163 e. The predicted molar refractivity (Wildman–Crippen MR) is 56.6 cm³/mol. The van der Waals surface area contributed by atoms with E-state index in [1.165, 1.54) is 0 Å². The summed E-state index contributed by atoms with van der Waals surface area (Å²) < 4.78 is 0. The lowest BCUT2D eigenvalue weighted by Gasteiger charge is -2.14. The summed E-state index contributed by atoms with van der Waals surface area (Å²) in [6, 6.07) is -0.113. The van der Waals surface area contributed by atoms with E-state index in [9.17, 15) is 0 Å². The molecule has 0 fully saturated rings. The quantitative estimate of drug-likeness (QED) is 0.613. The molecule has 13 heavy (non-hydrogen) atoms. The number of rotatable bonds is 4. The molecule has 0 aliphatic rings. The van der Waals surface area contributed by atoms with Crippen molar-refractivity contribution in [3.8, 4) is 0 Å². The number of nitrogens with one attached hydrogen (secondary N) is 1. The summed E-state index contributed by atoms with van der Waals surface area (Å²) in [5, 5.41) is 12.0. The highest BCUT2D eigenvalue weighted by Crippen LogP contribution is 2.08. The summed E-state index contributed by atoms with van der Waals surface area (Å²) >= 11 is 6.22. The maximum Gasteiger partial charge on any atom is 0.163 e. The highest BCUT2D eigenvalue weighted by Gasteiger charge is 2.08. The van der Waals surface area contributed by atoms with Crippen LogP contribution in [0.3, 0.4) is 0 Å². The summed E-state index contributed by atoms with van der Waals surface area (Å²) in [5.74, 6) is 0. The summed E-state index contributed by atoms with van der Waals surface area (Å²) in [6.45, 7) is 0.00917. The SMILES string of the molecule is NC(=S)NC(CO)Cc1cncs1. The van der Waals surface area contributed by atoms with Gasteiger partial charge in [-0.15, -0.1) is 11.3 Å². The Bertz CT molecular complexity index is 263. The van der Waals surface area contributed by atoms with Crippen LogP contribution in [0.15, 0.2) is 11.7 Å². The summed E-state index contributed by atoms with van der Waals surface area (Å²) in [5.41, 5.74) is 7.05. The molecule has 4 N–H and O–H groups in total. The van der Waals surface area contributed by atoms with E-state index in [1.807, 2.05) is 0 Å². The zero-order valence-electron chi connectivity index (χ0n) is 6.93. The van der Waals surface area contributed by atoms with Crippen LogP contribution in [-0.2, 0) is 6.42 Å². The van der Waals surface area contributed by atoms with Crippen LogP contribution >= 0.6 is 23.6 Å². The van der Waals surface area contributed by atoms with Crippen molar-refractivity contribution in [2.45, 2.75) is 12.5 Å². The van der Waals surface area contributed by atoms with Crippen molar-refractivity contribution in [1.82, 2.24) is 10.3 Å². The normalized spacial score (nSPS) is 12.4. The van der Waals surface area contributed by atoms with Crippen LogP contribution in [0.5, 0.6) is 0 Å². The first-order valence-corrected chi connectivity index (χ1v) is 5.05. The molecule has 0 saturated carbocycles. The second-order valence-electron chi connectivity index (χ2n) is 2.56. The Morgan fingerprint density at radius 1 is 1.85 bits per heavy atom. The third-order valence-corrected chi connectivity index (χ3v) is 2.42. The van der Waals surface area contributed by atoms with Gasteiger partial charge in [0.25, 0.3) is 0 Å². The van der Waals surface area contributed by atoms with Crippen LogP contribution in [0.4, 0.5) is 0 Å². The van der Waals surface area contributed by atoms with Gasteiger partial charge in [-0.3, -0.25) is 4.98 Å². The minimum absolute atomic E-state index is 0.00917. The van der Waals surface area contributed by atoms with Crippen molar-refractivity contribution in [2.75, 3.05) is 6.61 Å². The average Bonchev–Trinajstić information content (AvgIpc) is 2.55. The molecule has 1 rings (SSSR count). The minimum atomic E-state index is -0.113. The van der Waals surface area contributed by atoms with Gasteiger partial charge >= 0.3 is 0 Å². The van der Waals surface area contributed by atoms with E-state index in [-0.39, 0.29) is 17.8 Å². The molecule has 0 amide bonds. The fourth-order valence-electron chi connectivity index (χ4n) is 0.948. The number of aliphatic hydroxyl groups excluding tert-OH is 1. The highest BCUT2D eigenvalue weighted by atomic mass is 32.1. The van der Waals surface area contributed by atoms with Crippen molar-refractivity contribution in [2.24, 2.45) is 5.73 Å². The third-order valence-electron chi connectivity index (χ3n) is 1.50. The third kappa shape index (κ3) is 3.67. The van der Waals surface area contributed by atoms with Gasteiger partial charge in [-0.05, 0) is 12.2 Å². The molecule has 1 aromatic heterocycles. The van der Waals surface area contributed by atoms with E-state index in [0.717, 1.165) is 4.88 Å². The minimum Gasteiger partial charge on any atom is -0.394 e. The van der Waals surface area contributed by atoms with Gasteiger partial charge in [0.2, 0.25) is 0 Å². The number of thiazole rings is 1. The molecule has 1 heterocycles. The predicted octanol–water partition coefficient (Wildman–Crippen LogP) is -0.120. The second-order valence-corrected chi connectivity index (χ2v) is 3.97. The number of aliphatic hydroxyl groups is 1. The lowest BCUT2D eigenvalue weighted by molar-refractivity contribution is 0.255. The first kappa shape index (κ1) is 10.4. The monoisotopic (exact) mass is 217 g/mol. The Hall–Kier alpha value is -0.720. The van der Waals surface area contributed by atoms with E-state index in [0.29, 0.717) is 6.42 Å². The standard InChI is InChI=1S/C7H11N3OS2/c8-7(12)10-5(3-11)1-6-2-9-4-13-6/h2,4-5,11H,1,3H2,(H3,8,10,12). The fourth-order valence-corrected chi connectivity index (χ4v) is 1.79. The van der Waals surface area contributed by atoms with Crippen molar-refractivity contribution >= 4 is 28.7 Å². The molecule has 0 aliphatic heterocycles. The molecule has 0 aliphatic carbocycles. The van der Waals surface area contributed by atoms with Gasteiger partial charge in [-0.1, -0.05) is 0 Å². The molecule has 0 aromatic carbocycles. The highest BCUT2D eigenvalue weighted by molar-refractivity contribution is 7.80. The molecule has 1 atom stereocenters. The van der Waals surface area contributed by atoms with Gasteiger partial charge < -0.3 is 16.2 Å². The Morgan fingerprint density at radius 3 is 3.08 bits per heavy atom. The van der Waals surface area contributed by atoms with Crippen molar-refractivity contribution in [1.29, 1.82) is 0 Å². The van der Waals surface area contributed by atoms with Crippen LogP contribution < -0.4 is 11.1 Å². The topological polar surface area (TPSA) is 71.2 Å². The van der Waals surface area contributed by atoms with Gasteiger partial charge in [0, 0.05) is 17.5 Å². The second kappa shape index (κ2) is 5.11. The average molecular weight is 217 g/mol. The zero-order chi connectivity index (χ0) is 9.68. The molecular weight excluding hydrogens is 206 g/mol. The fraction of sp³-hybridized carbons (Fsp3) is 0.429. The first-order valence-electron chi connectivity index (χ1n) is 3.76. The Morgan fingerprint density at radius 2 is 2.62 bits per heavy atom. The molecule has 6 heteroatoms. The van der Waals surface area contributed by atoms with Crippen LogP contribution in [0.25, 0.3) is 0 Å². The maximum absolute atomic E-state index is 8.98. The largest absolute Gasteiger partial charge is 0.394 e. The number of nitrogens with two attached hydrogens (primary N) is 1. The number of nitrogens with zero attached hydrogens (tertiary/aromatic N) is 1. The van der Waals surface area contributed by atoms with Gasteiger partial charge in [-0.25, -0.2) is 0 Å².